The number of esters is 1. The zero-order valence-corrected chi connectivity index (χ0v) is 20.1. The minimum Gasteiger partial charge on any atom is -0.454 e. The lowest BCUT2D eigenvalue weighted by Gasteiger charge is -2.18. The molecule has 0 aliphatic carbocycles. The number of benzene rings is 2. The van der Waals surface area contributed by atoms with Crippen molar-refractivity contribution in [1.82, 2.24) is 8.87 Å². The zero-order chi connectivity index (χ0) is 24.2. The summed E-state index contributed by atoms with van der Waals surface area (Å²) in [6.07, 6.45) is 0. The van der Waals surface area contributed by atoms with Crippen LogP contribution in [0.2, 0.25) is 0 Å². The lowest BCUT2D eigenvalue weighted by Crippen LogP contribution is -2.30. The molecular weight excluding hydrogens is 440 g/mol. The molecule has 8 heteroatoms. The molecule has 0 amide bonds. The largest absolute Gasteiger partial charge is 0.454 e. The molecule has 3 rings (SSSR count). The number of nitrogens with zero attached hydrogens (tertiary/aromatic N) is 2. The van der Waals surface area contributed by atoms with Crippen molar-refractivity contribution in [3.05, 3.63) is 83.2 Å². The van der Waals surface area contributed by atoms with Crippen molar-refractivity contribution in [1.29, 1.82) is 0 Å². The van der Waals surface area contributed by atoms with Gasteiger partial charge in [-0.3, -0.25) is 4.79 Å². The minimum absolute atomic E-state index is 0.104. The van der Waals surface area contributed by atoms with E-state index in [1.807, 2.05) is 48.7 Å². The molecule has 0 spiro atoms. The number of rotatable bonds is 9. The first-order chi connectivity index (χ1) is 15.7. The summed E-state index contributed by atoms with van der Waals surface area (Å²) >= 11 is 0. The standard InChI is InChI=1S/C25H28N2O5S/c1-5-26(6-2)33(30,31)22-14-12-20(13-15-22)25(29)32-17-24(28)23-16-18(3)27(19(23)4)21-10-8-7-9-11-21/h7-16H,5-6,17H2,1-4H3. The van der Waals surface area contributed by atoms with Gasteiger partial charge in [-0.25, -0.2) is 13.2 Å². The topological polar surface area (TPSA) is 85.7 Å². The van der Waals surface area contributed by atoms with E-state index in [0.29, 0.717) is 18.7 Å². The first-order valence-corrected chi connectivity index (χ1v) is 12.2. The number of ether oxygens (including phenoxy) is 1. The van der Waals surface area contributed by atoms with E-state index in [0.717, 1.165) is 17.1 Å². The SMILES string of the molecule is CCN(CC)S(=O)(=O)c1ccc(C(=O)OCC(=O)c2cc(C)n(-c3ccccc3)c2C)cc1. The second-order valence-electron chi connectivity index (χ2n) is 7.57. The highest BCUT2D eigenvalue weighted by molar-refractivity contribution is 7.89. The Morgan fingerprint density at radius 1 is 0.939 bits per heavy atom. The maximum atomic E-state index is 12.7. The maximum Gasteiger partial charge on any atom is 0.338 e. The Kier molecular flexibility index (Phi) is 7.50. The highest BCUT2D eigenvalue weighted by Gasteiger charge is 2.22. The Morgan fingerprint density at radius 2 is 1.55 bits per heavy atom. The maximum absolute atomic E-state index is 12.7. The van der Waals surface area contributed by atoms with E-state index in [9.17, 15) is 18.0 Å². The average molecular weight is 469 g/mol. The zero-order valence-electron chi connectivity index (χ0n) is 19.2. The summed E-state index contributed by atoms with van der Waals surface area (Å²) in [5.74, 6) is -0.994. The van der Waals surface area contributed by atoms with E-state index in [-0.39, 0.29) is 16.2 Å². The van der Waals surface area contributed by atoms with Gasteiger partial charge >= 0.3 is 5.97 Å². The third kappa shape index (κ3) is 5.07. The summed E-state index contributed by atoms with van der Waals surface area (Å²) in [4.78, 5) is 25.3. The van der Waals surface area contributed by atoms with Crippen LogP contribution in [0.1, 0.15) is 46.0 Å². The molecule has 7 nitrogen and oxygen atoms in total. The molecule has 0 aliphatic heterocycles. The molecule has 0 aliphatic rings. The first-order valence-electron chi connectivity index (χ1n) is 10.8. The number of hydrogen-bond acceptors (Lipinski definition) is 5. The van der Waals surface area contributed by atoms with E-state index in [4.69, 9.17) is 4.74 Å². The van der Waals surface area contributed by atoms with Gasteiger partial charge in [0.25, 0.3) is 0 Å². The molecular formula is C25H28N2O5S. The molecule has 0 saturated heterocycles. The number of para-hydroxylation sites is 1. The van der Waals surface area contributed by atoms with Crippen LogP contribution in [0.25, 0.3) is 5.69 Å². The number of aromatic nitrogens is 1. The summed E-state index contributed by atoms with van der Waals surface area (Å²) in [5.41, 5.74) is 3.29. The van der Waals surface area contributed by atoms with Gasteiger partial charge in [0, 0.05) is 35.7 Å². The lowest BCUT2D eigenvalue weighted by atomic mass is 10.1. The van der Waals surface area contributed by atoms with Crippen LogP contribution in [0.4, 0.5) is 0 Å². The number of Topliss-reactive ketones (excluding diaryl/α,β-unsaturated/α-hetero) is 1. The van der Waals surface area contributed by atoms with Gasteiger partial charge in [0.2, 0.25) is 15.8 Å². The van der Waals surface area contributed by atoms with Crippen LogP contribution in [-0.2, 0) is 14.8 Å². The molecule has 0 radical (unpaired) electrons. The van der Waals surface area contributed by atoms with Gasteiger partial charge in [-0.15, -0.1) is 0 Å². The van der Waals surface area contributed by atoms with E-state index in [2.05, 4.69) is 0 Å². The monoisotopic (exact) mass is 468 g/mol. The minimum atomic E-state index is -3.61. The first kappa shape index (κ1) is 24.4. The smallest absolute Gasteiger partial charge is 0.338 e. The van der Waals surface area contributed by atoms with Crippen molar-refractivity contribution in [2.45, 2.75) is 32.6 Å². The van der Waals surface area contributed by atoms with E-state index >= 15 is 0 Å². The fraction of sp³-hybridized carbons (Fsp3) is 0.280. The molecule has 0 bridgehead atoms. The molecule has 1 heterocycles. The van der Waals surface area contributed by atoms with Gasteiger partial charge in [-0.05, 0) is 56.3 Å². The number of carbonyl (C=O) groups excluding carboxylic acids is 2. The molecule has 2 aromatic carbocycles. The van der Waals surface area contributed by atoms with E-state index in [1.54, 1.807) is 19.9 Å². The van der Waals surface area contributed by atoms with Crippen LogP contribution in [-0.4, -0.2) is 48.7 Å². The lowest BCUT2D eigenvalue weighted by molar-refractivity contribution is 0.0474. The highest BCUT2D eigenvalue weighted by Crippen LogP contribution is 2.21. The summed E-state index contributed by atoms with van der Waals surface area (Å²) in [5, 5.41) is 0. The Hall–Kier alpha value is -3.23. The molecule has 3 aromatic rings. The molecule has 0 unspecified atom stereocenters. The second-order valence-corrected chi connectivity index (χ2v) is 9.51. The fourth-order valence-electron chi connectivity index (χ4n) is 3.79. The normalized spacial score (nSPS) is 11.5. The van der Waals surface area contributed by atoms with Crippen molar-refractivity contribution < 1.29 is 22.7 Å². The summed E-state index contributed by atoms with van der Waals surface area (Å²) in [6.45, 7) is 7.60. The van der Waals surface area contributed by atoms with E-state index < -0.39 is 22.6 Å². The van der Waals surface area contributed by atoms with Gasteiger partial charge in [0.05, 0.1) is 10.5 Å². The van der Waals surface area contributed by atoms with Crippen molar-refractivity contribution in [2.75, 3.05) is 19.7 Å². The third-order valence-electron chi connectivity index (χ3n) is 5.51. The molecule has 174 valence electrons. The third-order valence-corrected chi connectivity index (χ3v) is 7.58. The second kappa shape index (κ2) is 10.1. The Balaban J connectivity index is 1.70. The highest BCUT2D eigenvalue weighted by atomic mass is 32.2. The van der Waals surface area contributed by atoms with Gasteiger partial charge in [0.15, 0.2) is 6.61 Å². The quantitative estimate of drug-likeness (QED) is 0.348. The van der Waals surface area contributed by atoms with E-state index in [1.165, 1.54) is 28.6 Å². The van der Waals surface area contributed by atoms with Crippen LogP contribution in [0.5, 0.6) is 0 Å². The van der Waals surface area contributed by atoms with Gasteiger partial charge < -0.3 is 9.30 Å². The summed E-state index contributed by atoms with van der Waals surface area (Å²) in [6, 6.07) is 17.0. The number of hydrogen-bond donors (Lipinski definition) is 0. The van der Waals surface area contributed by atoms with Gasteiger partial charge in [-0.2, -0.15) is 4.31 Å². The van der Waals surface area contributed by atoms with Gasteiger partial charge in [-0.1, -0.05) is 32.0 Å². The molecule has 0 atom stereocenters. The number of carbonyl (C=O) groups is 2. The fourth-order valence-corrected chi connectivity index (χ4v) is 5.25. The molecule has 0 N–H and O–H groups in total. The van der Waals surface area contributed by atoms with Crippen molar-refractivity contribution in [2.24, 2.45) is 0 Å². The molecule has 0 saturated carbocycles. The Labute approximate surface area is 194 Å². The Morgan fingerprint density at radius 3 is 2.12 bits per heavy atom. The van der Waals surface area contributed by atoms with Crippen LogP contribution in [0.15, 0.2) is 65.6 Å². The Bertz CT molecular complexity index is 1240. The van der Waals surface area contributed by atoms with Crippen molar-refractivity contribution >= 4 is 21.8 Å². The van der Waals surface area contributed by atoms with Crippen molar-refractivity contribution in [3.8, 4) is 5.69 Å². The van der Waals surface area contributed by atoms with Gasteiger partial charge in [0.1, 0.15) is 0 Å². The molecule has 33 heavy (non-hydrogen) atoms. The predicted molar refractivity (Wildman–Crippen MR) is 126 cm³/mol. The van der Waals surface area contributed by atoms with Crippen LogP contribution in [0, 0.1) is 13.8 Å². The summed E-state index contributed by atoms with van der Waals surface area (Å²) < 4.78 is 33.7. The molecule has 0 fully saturated rings. The number of sulfonamides is 1. The predicted octanol–water partition coefficient (Wildman–Crippen LogP) is 4.16. The van der Waals surface area contributed by atoms with Crippen LogP contribution in [0.3, 0.4) is 0 Å². The van der Waals surface area contributed by atoms with Crippen LogP contribution >= 0.6 is 0 Å². The number of aryl methyl sites for hydroxylation is 1. The van der Waals surface area contributed by atoms with Crippen molar-refractivity contribution in [3.63, 3.8) is 0 Å². The molecule has 1 aromatic heterocycles. The average Bonchev–Trinajstić information content (AvgIpc) is 3.12. The number of ketones is 1. The summed E-state index contributed by atoms with van der Waals surface area (Å²) in [7, 11) is -3.61. The van der Waals surface area contributed by atoms with Crippen LogP contribution < -0.4 is 0 Å².